The molecule has 1 rings (SSSR count). The van der Waals surface area contributed by atoms with Crippen LogP contribution in [0.25, 0.3) is 0 Å². The van der Waals surface area contributed by atoms with E-state index in [0.29, 0.717) is 18.0 Å². The summed E-state index contributed by atoms with van der Waals surface area (Å²) in [6.07, 6.45) is -0.473. The molecule has 1 aromatic rings. The smallest absolute Gasteiger partial charge is 0.407 e. The highest BCUT2D eigenvalue weighted by molar-refractivity contribution is 8.76. The summed E-state index contributed by atoms with van der Waals surface area (Å²) in [6.45, 7) is 5.79. The van der Waals surface area contributed by atoms with E-state index in [1.54, 1.807) is 20.8 Å². The van der Waals surface area contributed by atoms with Crippen LogP contribution in [0.15, 0.2) is 18.2 Å². The number of nitrogens with one attached hydrogen (secondary N) is 2. The Balaban J connectivity index is 2.28. The first kappa shape index (κ1) is 23.0. The minimum absolute atomic E-state index is 0.0226. The van der Waals surface area contributed by atoms with Crippen molar-refractivity contribution in [1.29, 1.82) is 0 Å². The van der Waals surface area contributed by atoms with Crippen LogP contribution in [0, 0.1) is 0 Å². The molecule has 0 saturated heterocycles. The number of carbonyl (C=O) groups excluding carboxylic acids is 3. The normalized spacial score (nSPS) is 10.8. The zero-order valence-corrected chi connectivity index (χ0v) is 17.3. The molecule has 0 unspecified atom stereocenters. The third kappa shape index (κ3) is 9.43. The minimum Gasteiger partial charge on any atom is -0.507 e. The molecule has 0 aliphatic rings. The van der Waals surface area contributed by atoms with Crippen LogP contribution in [0.1, 0.15) is 31.1 Å². The van der Waals surface area contributed by atoms with Crippen molar-refractivity contribution in [1.82, 2.24) is 5.32 Å². The van der Waals surface area contributed by atoms with Gasteiger partial charge in [0.1, 0.15) is 16.9 Å². The van der Waals surface area contributed by atoms with Gasteiger partial charge in [-0.2, -0.15) is 0 Å². The predicted molar refractivity (Wildman–Crippen MR) is 107 cm³/mol. The van der Waals surface area contributed by atoms with Gasteiger partial charge in [0.2, 0.25) is 5.91 Å². The number of hydrogen-bond donors (Lipinski definition) is 3. The van der Waals surface area contributed by atoms with Crippen molar-refractivity contribution in [3.8, 4) is 5.75 Å². The molecule has 1 aromatic carbocycles. The van der Waals surface area contributed by atoms with Gasteiger partial charge >= 0.3 is 12.1 Å². The summed E-state index contributed by atoms with van der Waals surface area (Å²) in [5, 5.41) is 14.9. The first-order valence-corrected chi connectivity index (χ1v) is 10.5. The van der Waals surface area contributed by atoms with Gasteiger partial charge in [0.15, 0.2) is 0 Å². The SMILES string of the molecule is COC(=O)c1cc(NC(=O)CSSCCNC(=O)OC(C)(C)C)ccc1O. The van der Waals surface area contributed by atoms with E-state index in [2.05, 4.69) is 15.4 Å². The van der Waals surface area contributed by atoms with Gasteiger partial charge in [0, 0.05) is 18.0 Å². The zero-order chi connectivity index (χ0) is 20.4. The molecule has 0 aromatic heterocycles. The highest BCUT2D eigenvalue weighted by Gasteiger charge is 2.15. The van der Waals surface area contributed by atoms with E-state index in [-0.39, 0.29) is 23.0 Å². The maximum absolute atomic E-state index is 11.9. The first-order chi connectivity index (χ1) is 12.6. The molecule has 0 heterocycles. The van der Waals surface area contributed by atoms with Gasteiger partial charge in [-0.3, -0.25) is 4.79 Å². The van der Waals surface area contributed by atoms with Crippen LogP contribution in [-0.2, 0) is 14.3 Å². The van der Waals surface area contributed by atoms with Crippen molar-refractivity contribution in [2.24, 2.45) is 0 Å². The van der Waals surface area contributed by atoms with E-state index in [1.165, 1.54) is 46.9 Å². The molecule has 0 radical (unpaired) electrons. The third-order valence-electron chi connectivity index (χ3n) is 2.81. The Kier molecular flexibility index (Phi) is 9.30. The Morgan fingerprint density at radius 3 is 2.52 bits per heavy atom. The van der Waals surface area contributed by atoms with Crippen LogP contribution < -0.4 is 10.6 Å². The second kappa shape index (κ2) is 10.9. The van der Waals surface area contributed by atoms with E-state index in [1.807, 2.05) is 0 Å². The van der Waals surface area contributed by atoms with Crippen molar-refractivity contribution in [2.75, 3.05) is 30.5 Å². The van der Waals surface area contributed by atoms with Gasteiger partial charge < -0.3 is 25.2 Å². The van der Waals surface area contributed by atoms with Crippen molar-refractivity contribution in [3.05, 3.63) is 23.8 Å². The van der Waals surface area contributed by atoms with Crippen LogP contribution in [-0.4, -0.2) is 53.8 Å². The molecule has 0 atom stereocenters. The lowest BCUT2D eigenvalue weighted by molar-refractivity contribution is -0.113. The monoisotopic (exact) mass is 416 g/mol. The first-order valence-electron chi connectivity index (χ1n) is 8.05. The van der Waals surface area contributed by atoms with Crippen LogP contribution in [0.2, 0.25) is 0 Å². The van der Waals surface area contributed by atoms with Gasteiger partial charge in [-0.25, -0.2) is 9.59 Å². The Bertz CT molecular complexity index is 676. The van der Waals surface area contributed by atoms with Gasteiger partial charge in [-0.05, 0) is 39.0 Å². The molecular weight excluding hydrogens is 392 g/mol. The number of alkyl carbamates (subject to hydrolysis) is 1. The average molecular weight is 417 g/mol. The summed E-state index contributed by atoms with van der Waals surface area (Å²) in [6, 6.07) is 4.15. The van der Waals surface area contributed by atoms with Gasteiger partial charge in [-0.15, -0.1) is 0 Å². The second-order valence-electron chi connectivity index (χ2n) is 6.28. The largest absolute Gasteiger partial charge is 0.507 e. The number of phenols is 1. The summed E-state index contributed by atoms with van der Waals surface area (Å²) < 4.78 is 9.68. The van der Waals surface area contributed by atoms with Crippen LogP contribution in [0.3, 0.4) is 0 Å². The summed E-state index contributed by atoms with van der Waals surface area (Å²) in [4.78, 5) is 34.9. The number of carbonyl (C=O) groups is 3. The number of benzene rings is 1. The Morgan fingerprint density at radius 2 is 1.89 bits per heavy atom. The predicted octanol–water partition coefficient (Wildman–Crippen LogP) is 3.02. The third-order valence-corrected chi connectivity index (χ3v) is 5.08. The Morgan fingerprint density at radius 1 is 1.19 bits per heavy atom. The molecule has 27 heavy (non-hydrogen) atoms. The highest BCUT2D eigenvalue weighted by Crippen LogP contribution is 2.24. The Hall–Kier alpha value is -2.07. The number of esters is 1. The van der Waals surface area contributed by atoms with Crippen molar-refractivity contribution >= 4 is 45.2 Å². The van der Waals surface area contributed by atoms with Gasteiger partial charge in [0.05, 0.1) is 12.9 Å². The lowest BCUT2D eigenvalue weighted by atomic mass is 10.2. The molecule has 3 N–H and O–H groups in total. The zero-order valence-electron chi connectivity index (χ0n) is 15.7. The number of phenolic OH excluding ortho intramolecular Hbond substituents is 1. The van der Waals surface area contributed by atoms with E-state index in [0.717, 1.165) is 0 Å². The standard InChI is InChI=1S/C17H24N2O6S2/c1-17(2,3)25-16(23)18-7-8-26-27-10-14(21)19-11-5-6-13(20)12(9-11)15(22)24-4/h5-6,9,20H,7-8,10H2,1-4H3,(H,18,23)(H,19,21). The molecule has 10 heteroatoms. The number of hydrogen-bond acceptors (Lipinski definition) is 8. The van der Waals surface area contributed by atoms with Crippen LogP contribution in [0.5, 0.6) is 5.75 Å². The lowest BCUT2D eigenvalue weighted by Crippen LogP contribution is -2.33. The second-order valence-corrected chi connectivity index (χ2v) is 8.87. The fourth-order valence-electron chi connectivity index (χ4n) is 1.75. The molecule has 8 nitrogen and oxygen atoms in total. The fourth-order valence-corrected chi connectivity index (χ4v) is 3.49. The molecule has 2 amide bonds. The van der Waals surface area contributed by atoms with Crippen LogP contribution in [0.4, 0.5) is 10.5 Å². The average Bonchev–Trinajstić information content (AvgIpc) is 2.57. The van der Waals surface area contributed by atoms with Gasteiger partial charge in [-0.1, -0.05) is 21.6 Å². The fraction of sp³-hybridized carbons (Fsp3) is 0.471. The minimum atomic E-state index is -0.689. The molecule has 150 valence electrons. The lowest BCUT2D eigenvalue weighted by Gasteiger charge is -2.19. The molecule has 0 aliphatic carbocycles. The van der Waals surface area contributed by atoms with E-state index < -0.39 is 17.7 Å². The quantitative estimate of drug-likeness (QED) is 0.256. The topological polar surface area (TPSA) is 114 Å². The van der Waals surface area contributed by atoms with E-state index >= 15 is 0 Å². The van der Waals surface area contributed by atoms with E-state index in [4.69, 9.17) is 4.74 Å². The molecule has 0 spiro atoms. The number of aromatic hydroxyl groups is 1. The number of ether oxygens (including phenoxy) is 2. The molecular formula is C17H24N2O6S2. The molecule has 0 bridgehead atoms. The number of methoxy groups -OCH3 is 1. The molecule has 0 saturated carbocycles. The summed E-state index contributed by atoms with van der Waals surface area (Å²) in [5.41, 5.74) is -0.174. The molecule has 0 fully saturated rings. The van der Waals surface area contributed by atoms with Gasteiger partial charge in [0.25, 0.3) is 0 Å². The Labute approximate surface area is 166 Å². The summed E-state index contributed by atoms with van der Waals surface area (Å²) in [5.74, 6) is -0.364. The summed E-state index contributed by atoms with van der Waals surface area (Å²) in [7, 11) is 3.98. The van der Waals surface area contributed by atoms with Crippen molar-refractivity contribution < 1.29 is 29.0 Å². The number of amides is 2. The van der Waals surface area contributed by atoms with Crippen LogP contribution >= 0.6 is 21.6 Å². The maximum atomic E-state index is 11.9. The van der Waals surface area contributed by atoms with Crippen molar-refractivity contribution in [2.45, 2.75) is 26.4 Å². The molecule has 0 aliphatic heterocycles. The van der Waals surface area contributed by atoms with Crippen molar-refractivity contribution in [3.63, 3.8) is 0 Å². The number of anilines is 1. The maximum Gasteiger partial charge on any atom is 0.407 e. The van der Waals surface area contributed by atoms with E-state index in [9.17, 15) is 19.5 Å². The number of rotatable bonds is 8. The summed E-state index contributed by atoms with van der Waals surface area (Å²) >= 11 is 0. The highest BCUT2D eigenvalue weighted by atomic mass is 33.1.